The number of aromatic nitrogens is 1. The predicted molar refractivity (Wildman–Crippen MR) is 67.0 cm³/mol. The van der Waals surface area contributed by atoms with Crippen LogP contribution >= 0.6 is 22.9 Å². The second-order valence-electron chi connectivity index (χ2n) is 3.33. The molecule has 0 fully saturated rings. The van der Waals surface area contributed by atoms with Gasteiger partial charge in [-0.25, -0.2) is 4.98 Å². The van der Waals surface area contributed by atoms with Crippen molar-refractivity contribution in [1.29, 1.82) is 0 Å². The number of hydrogen-bond acceptors (Lipinski definition) is 4. The Kier molecular flexibility index (Phi) is 3.31. The third-order valence-corrected chi connectivity index (χ3v) is 3.24. The SMILES string of the molecule is Cc1csc(COc2c(N)cccc2Cl)n1. The molecule has 1 heterocycles. The molecule has 0 aliphatic rings. The molecule has 0 amide bonds. The van der Waals surface area contributed by atoms with Gasteiger partial charge < -0.3 is 10.5 Å². The van der Waals surface area contributed by atoms with Crippen molar-refractivity contribution in [3.05, 3.63) is 39.3 Å². The molecule has 1 aromatic carbocycles. The van der Waals surface area contributed by atoms with Gasteiger partial charge >= 0.3 is 0 Å². The number of nitrogens with zero attached hydrogens (tertiary/aromatic N) is 1. The maximum absolute atomic E-state index is 5.98. The summed E-state index contributed by atoms with van der Waals surface area (Å²) in [7, 11) is 0. The number of ether oxygens (including phenoxy) is 1. The summed E-state index contributed by atoms with van der Waals surface area (Å²) in [6.45, 7) is 2.34. The summed E-state index contributed by atoms with van der Waals surface area (Å²) in [5.74, 6) is 0.525. The maximum atomic E-state index is 5.98. The number of nitrogen functional groups attached to an aromatic ring is 1. The van der Waals surface area contributed by atoms with Crippen molar-refractivity contribution >= 4 is 28.6 Å². The van der Waals surface area contributed by atoms with E-state index in [4.69, 9.17) is 22.1 Å². The Labute approximate surface area is 103 Å². The van der Waals surface area contributed by atoms with Gasteiger partial charge in [0.15, 0.2) is 5.75 Å². The molecule has 0 aliphatic carbocycles. The lowest BCUT2D eigenvalue weighted by Gasteiger charge is -2.08. The molecule has 0 atom stereocenters. The highest BCUT2D eigenvalue weighted by Gasteiger charge is 2.07. The van der Waals surface area contributed by atoms with Crippen LogP contribution in [0.2, 0.25) is 5.02 Å². The largest absolute Gasteiger partial charge is 0.483 e. The summed E-state index contributed by atoms with van der Waals surface area (Å²) in [6, 6.07) is 5.30. The minimum Gasteiger partial charge on any atom is -0.483 e. The average Bonchev–Trinajstić information content (AvgIpc) is 2.63. The molecular weight excluding hydrogens is 244 g/mol. The van der Waals surface area contributed by atoms with E-state index in [1.54, 1.807) is 29.5 Å². The number of nitrogens with two attached hydrogens (primary N) is 1. The van der Waals surface area contributed by atoms with Crippen molar-refractivity contribution in [1.82, 2.24) is 4.98 Å². The minimum atomic E-state index is 0.395. The van der Waals surface area contributed by atoms with Gasteiger partial charge in [0.05, 0.1) is 10.7 Å². The molecule has 1 aromatic heterocycles. The summed E-state index contributed by atoms with van der Waals surface area (Å²) in [5.41, 5.74) is 7.30. The summed E-state index contributed by atoms with van der Waals surface area (Å²) >= 11 is 7.54. The number of halogens is 1. The summed E-state index contributed by atoms with van der Waals surface area (Å²) < 4.78 is 5.56. The fraction of sp³-hybridized carbons (Fsp3) is 0.182. The number of rotatable bonds is 3. The lowest BCUT2D eigenvalue weighted by atomic mass is 10.3. The third-order valence-electron chi connectivity index (χ3n) is 2.00. The van der Waals surface area contributed by atoms with E-state index in [-0.39, 0.29) is 0 Å². The zero-order valence-electron chi connectivity index (χ0n) is 8.74. The van der Waals surface area contributed by atoms with Gasteiger partial charge in [-0.05, 0) is 19.1 Å². The van der Waals surface area contributed by atoms with Gasteiger partial charge in [-0.15, -0.1) is 11.3 Å². The van der Waals surface area contributed by atoms with Crippen molar-refractivity contribution in [2.75, 3.05) is 5.73 Å². The van der Waals surface area contributed by atoms with Crippen LogP contribution in [-0.4, -0.2) is 4.98 Å². The Hall–Kier alpha value is -1.26. The van der Waals surface area contributed by atoms with Gasteiger partial charge in [0.1, 0.15) is 11.6 Å². The van der Waals surface area contributed by atoms with Gasteiger partial charge in [-0.2, -0.15) is 0 Å². The number of anilines is 1. The molecule has 0 saturated carbocycles. The predicted octanol–water partition coefficient (Wildman–Crippen LogP) is 3.27. The van der Waals surface area contributed by atoms with Gasteiger partial charge in [0.25, 0.3) is 0 Å². The molecule has 2 N–H and O–H groups in total. The van der Waals surface area contributed by atoms with Crippen LogP contribution in [0.3, 0.4) is 0 Å². The lowest BCUT2D eigenvalue weighted by Crippen LogP contribution is -1.99. The molecule has 0 unspecified atom stereocenters. The zero-order chi connectivity index (χ0) is 11.5. The zero-order valence-corrected chi connectivity index (χ0v) is 10.3. The highest BCUT2D eigenvalue weighted by atomic mass is 35.5. The second-order valence-corrected chi connectivity index (χ2v) is 4.68. The van der Waals surface area contributed by atoms with Crippen LogP contribution in [0.25, 0.3) is 0 Å². The van der Waals surface area contributed by atoms with E-state index in [0.717, 1.165) is 10.7 Å². The second kappa shape index (κ2) is 4.72. The van der Waals surface area contributed by atoms with E-state index in [1.807, 2.05) is 12.3 Å². The first-order valence-corrected chi connectivity index (χ1v) is 6.00. The Bertz CT molecular complexity index is 478. The van der Waals surface area contributed by atoms with Crippen LogP contribution in [0.5, 0.6) is 5.75 Å². The molecular formula is C11H11ClN2OS. The fourth-order valence-corrected chi connectivity index (χ4v) is 2.20. The van der Waals surface area contributed by atoms with E-state index < -0.39 is 0 Å². The van der Waals surface area contributed by atoms with Crippen LogP contribution in [-0.2, 0) is 6.61 Å². The quantitative estimate of drug-likeness (QED) is 0.856. The summed E-state index contributed by atoms with van der Waals surface area (Å²) in [4.78, 5) is 4.29. The molecule has 2 aromatic rings. The van der Waals surface area contributed by atoms with Gasteiger partial charge in [0, 0.05) is 11.1 Å². The molecule has 0 aliphatic heterocycles. The Balaban J connectivity index is 2.10. The number of para-hydroxylation sites is 1. The number of thiazole rings is 1. The van der Waals surface area contributed by atoms with Crippen LogP contribution < -0.4 is 10.5 Å². The molecule has 3 nitrogen and oxygen atoms in total. The van der Waals surface area contributed by atoms with Crippen LogP contribution in [0.4, 0.5) is 5.69 Å². The first kappa shape index (κ1) is 11.2. The first-order chi connectivity index (χ1) is 7.66. The van der Waals surface area contributed by atoms with E-state index in [1.165, 1.54) is 0 Å². The van der Waals surface area contributed by atoms with E-state index in [9.17, 15) is 0 Å². The molecule has 0 saturated heterocycles. The smallest absolute Gasteiger partial charge is 0.161 e. The van der Waals surface area contributed by atoms with Crippen molar-refractivity contribution in [2.45, 2.75) is 13.5 Å². The molecule has 16 heavy (non-hydrogen) atoms. The van der Waals surface area contributed by atoms with E-state index in [0.29, 0.717) is 23.1 Å². The van der Waals surface area contributed by atoms with E-state index in [2.05, 4.69) is 4.98 Å². The Morgan fingerprint density at radius 1 is 1.50 bits per heavy atom. The minimum absolute atomic E-state index is 0.395. The van der Waals surface area contributed by atoms with Gasteiger partial charge in [0.2, 0.25) is 0 Å². The van der Waals surface area contributed by atoms with Gasteiger partial charge in [-0.1, -0.05) is 17.7 Å². The lowest BCUT2D eigenvalue weighted by molar-refractivity contribution is 0.307. The number of hydrogen-bond donors (Lipinski definition) is 1. The van der Waals surface area contributed by atoms with Crippen molar-refractivity contribution < 1.29 is 4.74 Å². The Morgan fingerprint density at radius 3 is 2.94 bits per heavy atom. The van der Waals surface area contributed by atoms with Crippen LogP contribution in [0, 0.1) is 6.92 Å². The standard InChI is InChI=1S/C11H11ClN2OS/c1-7-6-16-10(14-7)5-15-11-8(12)3-2-4-9(11)13/h2-4,6H,5,13H2,1H3. The van der Waals surface area contributed by atoms with Gasteiger partial charge in [-0.3, -0.25) is 0 Å². The molecule has 0 radical (unpaired) electrons. The highest BCUT2D eigenvalue weighted by Crippen LogP contribution is 2.31. The van der Waals surface area contributed by atoms with Crippen molar-refractivity contribution in [3.8, 4) is 5.75 Å². The molecule has 0 spiro atoms. The fourth-order valence-electron chi connectivity index (χ4n) is 1.28. The summed E-state index contributed by atoms with van der Waals surface area (Å²) in [6.07, 6.45) is 0. The third kappa shape index (κ3) is 2.46. The summed E-state index contributed by atoms with van der Waals surface area (Å²) in [5, 5.41) is 3.42. The molecule has 84 valence electrons. The van der Waals surface area contributed by atoms with Crippen molar-refractivity contribution in [3.63, 3.8) is 0 Å². The number of benzene rings is 1. The van der Waals surface area contributed by atoms with Crippen LogP contribution in [0.1, 0.15) is 10.7 Å². The molecule has 5 heteroatoms. The molecule has 2 rings (SSSR count). The van der Waals surface area contributed by atoms with E-state index >= 15 is 0 Å². The molecule has 0 bridgehead atoms. The first-order valence-electron chi connectivity index (χ1n) is 4.74. The normalized spacial score (nSPS) is 10.4. The monoisotopic (exact) mass is 254 g/mol. The van der Waals surface area contributed by atoms with Crippen LogP contribution in [0.15, 0.2) is 23.6 Å². The topological polar surface area (TPSA) is 48.1 Å². The maximum Gasteiger partial charge on any atom is 0.161 e. The number of aryl methyl sites for hydroxylation is 1. The average molecular weight is 255 g/mol. The highest BCUT2D eigenvalue weighted by molar-refractivity contribution is 7.09. The van der Waals surface area contributed by atoms with Crippen molar-refractivity contribution in [2.24, 2.45) is 0 Å². The Morgan fingerprint density at radius 2 is 2.31 bits per heavy atom.